The summed E-state index contributed by atoms with van der Waals surface area (Å²) in [6.07, 6.45) is 4.06. The van der Waals surface area contributed by atoms with Crippen LogP contribution in [0.2, 0.25) is 0 Å². The van der Waals surface area contributed by atoms with Gasteiger partial charge in [-0.05, 0) is 45.7 Å². The first-order chi connectivity index (χ1) is 13.0. The van der Waals surface area contributed by atoms with Crippen molar-refractivity contribution >= 4 is 5.91 Å². The van der Waals surface area contributed by atoms with E-state index in [0.717, 1.165) is 44.3 Å². The van der Waals surface area contributed by atoms with Gasteiger partial charge in [-0.3, -0.25) is 9.69 Å². The first-order valence-electron chi connectivity index (χ1n) is 9.97. The van der Waals surface area contributed by atoms with Gasteiger partial charge in [-0.25, -0.2) is 0 Å². The van der Waals surface area contributed by atoms with Crippen molar-refractivity contribution in [3.05, 3.63) is 35.7 Å². The maximum absolute atomic E-state index is 12.5. The zero-order chi connectivity index (χ0) is 19.2. The highest BCUT2D eigenvalue weighted by Crippen LogP contribution is 2.21. The lowest BCUT2D eigenvalue weighted by Crippen LogP contribution is -2.45. The Labute approximate surface area is 161 Å². The van der Waals surface area contributed by atoms with Gasteiger partial charge >= 0.3 is 0 Å². The Kier molecular flexibility index (Phi) is 6.61. The number of amides is 1. The number of aromatic nitrogens is 2. The second kappa shape index (κ2) is 9.13. The number of hydrogen-bond acceptors (Lipinski definition) is 5. The molecule has 27 heavy (non-hydrogen) atoms. The van der Waals surface area contributed by atoms with Crippen molar-refractivity contribution in [3.8, 4) is 11.4 Å². The smallest absolute Gasteiger partial charge is 0.241 e. The SMILES string of the molecule is CCCC(C)NC(=O)C1CCCN(Cc2nc(-c3cccc(C)c3)no2)C1. The van der Waals surface area contributed by atoms with Crippen LogP contribution in [0.5, 0.6) is 0 Å². The fraction of sp³-hybridized carbons (Fsp3) is 0.571. The molecule has 0 bridgehead atoms. The first kappa shape index (κ1) is 19.5. The molecule has 1 N–H and O–H groups in total. The van der Waals surface area contributed by atoms with Gasteiger partial charge in [0, 0.05) is 18.2 Å². The molecule has 1 aliphatic heterocycles. The van der Waals surface area contributed by atoms with E-state index >= 15 is 0 Å². The fourth-order valence-electron chi connectivity index (χ4n) is 3.69. The number of piperidine rings is 1. The van der Waals surface area contributed by atoms with E-state index in [-0.39, 0.29) is 17.9 Å². The number of likely N-dealkylation sites (tertiary alicyclic amines) is 1. The van der Waals surface area contributed by atoms with Crippen LogP contribution in [0.3, 0.4) is 0 Å². The van der Waals surface area contributed by atoms with E-state index in [4.69, 9.17) is 4.52 Å². The number of nitrogens with zero attached hydrogens (tertiary/aromatic N) is 3. The third-order valence-corrected chi connectivity index (χ3v) is 5.09. The standard InChI is InChI=1S/C21H30N4O2/c1-4-7-16(3)22-21(26)18-10-6-11-25(13-18)14-19-23-20(24-27-19)17-9-5-8-15(2)12-17/h5,8-9,12,16,18H,4,6-7,10-11,13-14H2,1-3H3,(H,22,26). The van der Waals surface area contributed by atoms with Crippen molar-refractivity contribution in [1.29, 1.82) is 0 Å². The number of aryl methyl sites for hydroxylation is 1. The number of nitrogens with one attached hydrogen (secondary N) is 1. The van der Waals surface area contributed by atoms with Gasteiger partial charge in [0.25, 0.3) is 0 Å². The minimum Gasteiger partial charge on any atom is -0.353 e. The summed E-state index contributed by atoms with van der Waals surface area (Å²) in [5, 5.41) is 7.26. The lowest BCUT2D eigenvalue weighted by molar-refractivity contribution is -0.127. The van der Waals surface area contributed by atoms with Crippen LogP contribution in [-0.2, 0) is 11.3 Å². The fourth-order valence-corrected chi connectivity index (χ4v) is 3.69. The van der Waals surface area contributed by atoms with Crippen molar-refractivity contribution in [2.45, 2.75) is 59.0 Å². The maximum Gasteiger partial charge on any atom is 0.241 e. The van der Waals surface area contributed by atoms with Crippen molar-refractivity contribution in [1.82, 2.24) is 20.4 Å². The number of carbonyl (C=O) groups excluding carboxylic acids is 1. The largest absolute Gasteiger partial charge is 0.353 e. The van der Waals surface area contributed by atoms with Crippen LogP contribution in [0.25, 0.3) is 11.4 Å². The minimum atomic E-state index is 0.0391. The number of benzene rings is 1. The van der Waals surface area contributed by atoms with Gasteiger partial charge in [0.2, 0.25) is 17.6 Å². The average molecular weight is 370 g/mol. The Morgan fingerprint density at radius 2 is 2.30 bits per heavy atom. The summed E-state index contributed by atoms with van der Waals surface area (Å²) < 4.78 is 5.45. The quantitative estimate of drug-likeness (QED) is 0.807. The molecule has 2 atom stereocenters. The molecule has 2 heterocycles. The lowest BCUT2D eigenvalue weighted by Gasteiger charge is -2.31. The predicted octanol–water partition coefficient (Wildman–Crippen LogP) is 3.56. The molecule has 1 fully saturated rings. The highest BCUT2D eigenvalue weighted by molar-refractivity contribution is 5.79. The second-order valence-electron chi connectivity index (χ2n) is 7.65. The molecule has 0 radical (unpaired) electrons. The van der Waals surface area contributed by atoms with Crippen molar-refractivity contribution in [3.63, 3.8) is 0 Å². The molecule has 1 aromatic heterocycles. The number of rotatable bonds is 7. The third kappa shape index (κ3) is 5.39. The summed E-state index contributed by atoms with van der Waals surface area (Å²) in [5.74, 6) is 1.43. The highest BCUT2D eigenvalue weighted by Gasteiger charge is 2.27. The summed E-state index contributed by atoms with van der Waals surface area (Å²) >= 11 is 0. The van der Waals surface area contributed by atoms with Crippen LogP contribution < -0.4 is 5.32 Å². The first-order valence-corrected chi connectivity index (χ1v) is 9.97. The summed E-state index contributed by atoms with van der Waals surface area (Å²) in [6.45, 7) is 8.55. The van der Waals surface area contributed by atoms with E-state index in [2.05, 4.69) is 34.2 Å². The van der Waals surface area contributed by atoms with E-state index in [1.165, 1.54) is 5.56 Å². The van der Waals surface area contributed by atoms with Crippen LogP contribution in [0.4, 0.5) is 0 Å². The Morgan fingerprint density at radius 1 is 1.44 bits per heavy atom. The topological polar surface area (TPSA) is 71.3 Å². The number of hydrogen-bond donors (Lipinski definition) is 1. The van der Waals surface area contributed by atoms with Crippen LogP contribution >= 0.6 is 0 Å². The molecule has 6 nitrogen and oxygen atoms in total. The molecule has 1 saturated heterocycles. The Hall–Kier alpha value is -2.21. The van der Waals surface area contributed by atoms with E-state index in [1.807, 2.05) is 31.2 Å². The van der Waals surface area contributed by atoms with Crippen molar-refractivity contribution in [2.24, 2.45) is 5.92 Å². The normalized spacial score (nSPS) is 19.0. The summed E-state index contributed by atoms with van der Waals surface area (Å²) in [7, 11) is 0. The van der Waals surface area contributed by atoms with Gasteiger partial charge in [0.15, 0.2) is 0 Å². The molecule has 1 amide bonds. The molecule has 0 saturated carbocycles. The van der Waals surface area contributed by atoms with Crippen molar-refractivity contribution < 1.29 is 9.32 Å². The molecule has 6 heteroatoms. The molecule has 0 spiro atoms. The van der Waals surface area contributed by atoms with Gasteiger partial charge in [0.1, 0.15) is 0 Å². The van der Waals surface area contributed by atoms with Gasteiger partial charge in [-0.2, -0.15) is 4.98 Å². The van der Waals surface area contributed by atoms with Crippen LogP contribution in [0.1, 0.15) is 51.0 Å². The summed E-state index contributed by atoms with van der Waals surface area (Å²) in [4.78, 5) is 19.3. The maximum atomic E-state index is 12.5. The lowest BCUT2D eigenvalue weighted by atomic mass is 9.96. The summed E-state index contributed by atoms with van der Waals surface area (Å²) in [5.41, 5.74) is 2.13. The van der Waals surface area contributed by atoms with Gasteiger partial charge < -0.3 is 9.84 Å². The third-order valence-electron chi connectivity index (χ3n) is 5.09. The van der Waals surface area contributed by atoms with Gasteiger partial charge in [-0.1, -0.05) is 42.3 Å². The molecule has 146 valence electrons. The molecular weight excluding hydrogens is 340 g/mol. The zero-order valence-corrected chi connectivity index (χ0v) is 16.6. The molecule has 1 aliphatic rings. The van der Waals surface area contributed by atoms with Gasteiger partial charge in [-0.15, -0.1) is 0 Å². The van der Waals surface area contributed by atoms with Crippen LogP contribution in [0, 0.1) is 12.8 Å². The molecule has 2 aromatic rings. The average Bonchev–Trinajstić information content (AvgIpc) is 3.10. The highest BCUT2D eigenvalue weighted by atomic mass is 16.5. The van der Waals surface area contributed by atoms with Crippen LogP contribution in [0.15, 0.2) is 28.8 Å². The van der Waals surface area contributed by atoms with E-state index < -0.39 is 0 Å². The summed E-state index contributed by atoms with van der Waals surface area (Å²) in [6, 6.07) is 8.32. The molecule has 3 rings (SSSR count). The van der Waals surface area contributed by atoms with Gasteiger partial charge in [0.05, 0.1) is 12.5 Å². The minimum absolute atomic E-state index is 0.0391. The van der Waals surface area contributed by atoms with E-state index in [9.17, 15) is 4.79 Å². The Balaban J connectivity index is 1.57. The zero-order valence-electron chi connectivity index (χ0n) is 16.6. The van der Waals surface area contributed by atoms with Crippen molar-refractivity contribution in [2.75, 3.05) is 13.1 Å². The molecule has 2 unspecified atom stereocenters. The monoisotopic (exact) mass is 370 g/mol. The van der Waals surface area contributed by atoms with Crippen LogP contribution in [-0.4, -0.2) is 40.1 Å². The second-order valence-corrected chi connectivity index (χ2v) is 7.65. The predicted molar refractivity (Wildman–Crippen MR) is 105 cm³/mol. The Morgan fingerprint density at radius 3 is 3.07 bits per heavy atom. The number of carbonyl (C=O) groups is 1. The van der Waals surface area contributed by atoms with E-state index in [1.54, 1.807) is 0 Å². The molecule has 0 aliphatic carbocycles. The van der Waals surface area contributed by atoms with E-state index in [0.29, 0.717) is 18.3 Å². The Bertz CT molecular complexity index is 758. The molecule has 1 aromatic carbocycles. The molecular formula is C21H30N4O2.